The molecule has 0 spiro atoms. The van der Waals surface area contributed by atoms with Crippen LogP contribution in [-0.4, -0.2) is 38.9 Å². The molecule has 0 unspecified atom stereocenters. The van der Waals surface area contributed by atoms with Crippen LogP contribution in [0, 0.1) is 0 Å². The molecule has 1 aliphatic rings. The Bertz CT molecular complexity index is 787. The van der Waals surface area contributed by atoms with Gasteiger partial charge >= 0.3 is 0 Å². The van der Waals surface area contributed by atoms with E-state index in [2.05, 4.69) is 20.4 Å². The molecule has 3 aromatic rings. The third kappa shape index (κ3) is 2.46. The Kier molecular flexibility index (Phi) is 3.11. The molecule has 1 amide bonds. The second-order valence-corrected chi connectivity index (χ2v) is 5.65. The Morgan fingerprint density at radius 1 is 1.32 bits per heavy atom. The first kappa shape index (κ1) is 13.0. The fraction of sp³-hybridized carbons (Fsp3) is 0.231. The fourth-order valence-corrected chi connectivity index (χ4v) is 3.03. The van der Waals surface area contributed by atoms with Crippen molar-refractivity contribution >= 4 is 32.6 Å². The lowest BCUT2D eigenvalue weighted by Gasteiger charge is -2.17. The minimum atomic E-state index is -0.207. The Labute approximate surface area is 128 Å². The van der Waals surface area contributed by atoms with Crippen LogP contribution in [0.1, 0.15) is 0 Å². The lowest BCUT2D eigenvalue weighted by Crippen LogP contribution is -2.18. The molecule has 0 fully saturated rings. The van der Waals surface area contributed by atoms with Crippen LogP contribution in [0.2, 0.25) is 0 Å². The Hall–Kier alpha value is -2.68. The van der Waals surface area contributed by atoms with Crippen LogP contribution in [0.15, 0.2) is 24.8 Å². The number of aromatic nitrogens is 4. The fourth-order valence-electron chi connectivity index (χ4n) is 2.14. The van der Waals surface area contributed by atoms with Crippen LogP contribution in [0.3, 0.4) is 0 Å². The quantitative estimate of drug-likeness (QED) is 0.783. The van der Waals surface area contributed by atoms with E-state index < -0.39 is 0 Å². The topological polar surface area (TPSA) is 91.2 Å². The minimum Gasteiger partial charge on any atom is -0.486 e. The molecule has 8 nitrogen and oxygen atoms in total. The van der Waals surface area contributed by atoms with Crippen LogP contribution in [0.25, 0.3) is 10.2 Å². The zero-order valence-corrected chi connectivity index (χ0v) is 12.2. The number of ether oxygens (including phenoxy) is 2. The molecular formula is C13H11N5O3S. The number of hydrogen-bond donors (Lipinski definition) is 1. The summed E-state index contributed by atoms with van der Waals surface area (Å²) < 4.78 is 13.4. The molecular weight excluding hydrogens is 306 g/mol. The summed E-state index contributed by atoms with van der Waals surface area (Å²) in [4.78, 5) is 20.1. The SMILES string of the molecule is O=C(Cn1cncn1)Nc1nc2cc3c(cc2s1)OCCO3. The molecule has 4 rings (SSSR count). The van der Waals surface area contributed by atoms with Gasteiger partial charge in [0.25, 0.3) is 0 Å². The van der Waals surface area contributed by atoms with Gasteiger partial charge in [-0.25, -0.2) is 14.6 Å². The molecule has 0 aliphatic carbocycles. The van der Waals surface area contributed by atoms with Crippen molar-refractivity contribution in [3.8, 4) is 11.5 Å². The van der Waals surface area contributed by atoms with E-state index in [4.69, 9.17) is 9.47 Å². The number of fused-ring (bicyclic) bond motifs is 2. The molecule has 1 aromatic carbocycles. The van der Waals surface area contributed by atoms with Gasteiger partial charge in [0.2, 0.25) is 5.91 Å². The molecule has 112 valence electrons. The molecule has 0 bridgehead atoms. The second-order valence-electron chi connectivity index (χ2n) is 4.62. The molecule has 3 heterocycles. The highest BCUT2D eigenvalue weighted by molar-refractivity contribution is 7.22. The maximum atomic E-state index is 11.9. The van der Waals surface area contributed by atoms with Crippen molar-refractivity contribution in [1.29, 1.82) is 0 Å². The highest BCUT2D eigenvalue weighted by atomic mass is 32.1. The van der Waals surface area contributed by atoms with Gasteiger partial charge in [-0.2, -0.15) is 5.10 Å². The first-order chi connectivity index (χ1) is 10.8. The Balaban J connectivity index is 1.56. The predicted molar refractivity (Wildman–Crippen MR) is 79.3 cm³/mol. The summed E-state index contributed by atoms with van der Waals surface area (Å²) in [5, 5.41) is 7.18. The van der Waals surface area contributed by atoms with Crippen molar-refractivity contribution in [2.24, 2.45) is 0 Å². The van der Waals surface area contributed by atoms with E-state index in [1.165, 1.54) is 28.7 Å². The van der Waals surface area contributed by atoms with Crippen molar-refractivity contribution in [1.82, 2.24) is 19.7 Å². The normalized spacial score (nSPS) is 13.3. The number of rotatable bonds is 3. The molecule has 0 atom stereocenters. The second kappa shape index (κ2) is 5.26. The van der Waals surface area contributed by atoms with Gasteiger partial charge in [0.05, 0.1) is 10.2 Å². The van der Waals surface area contributed by atoms with E-state index in [-0.39, 0.29) is 12.5 Å². The third-order valence-electron chi connectivity index (χ3n) is 3.07. The van der Waals surface area contributed by atoms with E-state index in [9.17, 15) is 4.79 Å². The van der Waals surface area contributed by atoms with E-state index in [1.54, 1.807) is 0 Å². The summed E-state index contributed by atoms with van der Waals surface area (Å²) in [6.07, 6.45) is 2.87. The van der Waals surface area contributed by atoms with Crippen LogP contribution in [0.5, 0.6) is 11.5 Å². The summed E-state index contributed by atoms with van der Waals surface area (Å²) in [6.45, 7) is 1.17. The van der Waals surface area contributed by atoms with Crippen LogP contribution >= 0.6 is 11.3 Å². The smallest absolute Gasteiger partial charge is 0.247 e. The van der Waals surface area contributed by atoms with Crippen molar-refractivity contribution in [2.45, 2.75) is 6.54 Å². The number of thiazole rings is 1. The first-order valence-corrected chi connectivity index (χ1v) is 7.42. The number of carbonyl (C=O) groups is 1. The zero-order chi connectivity index (χ0) is 14.9. The maximum absolute atomic E-state index is 11.9. The number of carbonyl (C=O) groups excluding carboxylic acids is 1. The van der Waals surface area contributed by atoms with E-state index in [0.717, 1.165) is 10.2 Å². The highest BCUT2D eigenvalue weighted by Crippen LogP contribution is 2.37. The van der Waals surface area contributed by atoms with Crippen molar-refractivity contribution in [3.05, 3.63) is 24.8 Å². The van der Waals surface area contributed by atoms with Crippen LogP contribution in [0.4, 0.5) is 5.13 Å². The summed E-state index contributed by atoms with van der Waals surface area (Å²) in [5.41, 5.74) is 0.769. The van der Waals surface area contributed by atoms with Gasteiger partial charge in [0.15, 0.2) is 16.6 Å². The number of anilines is 1. The zero-order valence-electron chi connectivity index (χ0n) is 11.4. The van der Waals surface area contributed by atoms with Gasteiger partial charge in [-0.3, -0.25) is 4.79 Å². The third-order valence-corrected chi connectivity index (χ3v) is 4.00. The lowest BCUT2D eigenvalue weighted by molar-refractivity contribution is -0.116. The van der Waals surface area contributed by atoms with Crippen molar-refractivity contribution in [3.63, 3.8) is 0 Å². The van der Waals surface area contributed by atoms with Gasteiger partial charge < -0.3 is 14.8 Å². The molecule has 1 aliphatic heterocycles. The number of nitrogens with one attached hydrogen (secondary N) is 1. The molecule has 0 saturated carbocycles. The summed E-state index contributed by atoms with van der Waals surface area (Å²) in [5.74, 6) is 1.19. The van der Waals surface area contributed by atoms with Gasteiger partial charge in [-0.15, -0.1) is 0 Å². The first-order valence-electron chi connectivity index (χ1n) is 6.60. The summed E-state index contributed by atoms with van der Waals surface area (Å²) in [6, 6.07) is 3.71. The highest BCUT2D eigenvalue weighted by Gasteiger charge is 2.16. The standard InChI is InChI=1S/C13H11N5O3S/c19-12(5-18-7-14-6-15-18)17-13-16-8-3-9-10(4-11(8)22-13)21-2-1-20-9/h3-4,6-7H,1-2,5H2,(H,16,17,19). The van der Waals surface area contributed by atoms with E-state index in [0.29, 0.717) is 29.8 Å². The van der Waals surface area contributed by atoms with E-state index in [1.807, 2.05) is 12.1 Å². The summed E-state index contributed by atoms with van der Waals surface area (Å²) in [7, 11) is 0. The molecule has 0 saturated heterocycles. The number of hydrogen-bond acceptors (Lipinski definition) is 7. The van der Waals surface area contributed by atoms with Gasteiger partial charge in [-0.05, 0) is 0 Å². The average Bonchev–Trinajstić information content (AvgIpc) is 3.13. The summed E-state index contributed by atoms with van der Waals surface area (Å²) >= 11 is 1.39. The largest absolute Gasteiger partial charge is 0.486 e. The number of benzene rings is 1. The molecule has 9 heteroatoms. The number of nitrogens with zero attached hydrogens (tertiary/aromatic N) is 4. The monoisotopic (exact) mass is 317 g/mol. The van der Waals surface area contributed by atoms with Gasteiger partial charge in [0, 0.05) is 12.1 Å². The van der Waals surface area contributed by atoms with Crippen LogP contribution < -0.4 is 14.8 Å². The lowest BCUT2D eigenvalue weighted by atomic mass is 10.3. The Morgan fingerprint density at radius 2 is 2.14 bits per heavy atom. The molecule has 0 radical (unpaired) electrons. The Morgan fingerprint density at radius 3 is 2.91 bits per heavy atom. The van der Waals surface area contributed by atoms with Gasteiger partial charge in [0.1, 0.15) is 32.4 Å². The predicted octanol–water partition coefficient (Wildman–Crippen LogP) is 1.30. The molecule has 22 heavy (non-hydrogen) atoms. The van der Waals surface area contributed by atoms with Crippen molar-refractivity contribution in [2.75, 3.05) is 18.5 Å². The van der Waals surface area contributed by atoms with Crippen LogP contribution in [-0.2, 0) is 11.3 Å². The molecule has 1 N–H and O–H groups in total. The van der Waals surface area contributed by atoms with Crippen molar-refractivity contribution < 1.29 is 14.3 Å². The maximum Gasteiger partial charge on any atom is 0.247 e. The van der Waals surface area contributed by atoms with Gasteiger partial charge in [-0.1, -0.05) is 11.3 Å². The minimum absolute atomic E-state index is 0.0959. The number of amides is 1. The van der Waals surface area contributed by atoms with E-state index >= 15 is 0 Å². The molecule has 2 aromatic heterocycles. The average molecular weight is 317 g/mol.